The third kappa shape index (κ3) is 4.67. The lowest BCUT2D eigenvalue weighted by Crippen LogP contribution is -2.38. The monoisotopic (exact) mass is 439 g/mol. The molecule has 1 atom stereocenters. The number of halogens is 1. The molecule has 1 unspecified atom stereocenters. The number of Topliss-reactive ketones (excluding diaryl/α,β-unsaturated/α-hetero) is 1. The topological polar surface area (TPSA) is 135 Å². The summed E-state index contributed by atoms with van der Waals surface area (Å²) in [6.07, 6.45) is 3.80. The van der Waals surface area contributed by atoms with Gasteiger partial charge in [-0.05, 0) is 42.0 Å². The van der Waals surface area contributed by atoms with Crippen LogP contribution >= 0.6 is 11.6 Å². The van der Waals surface area contributed by atoms with Crippen LogP contribution < -0.4 is 17.0 Å². The lowest BCUT2D eigenvalue weighted by Gasteiger charge is -2.20. The Balaban J connectivity index is 2.25. The van der Waals surface area contributed by atoms with Gasteiger partial charge >= 0.3 is 5.69 Å². The number of pyridine rings is 1. The quantitative estimate of drug-likeness (QED) is 0.543. The zero-order valence-corrected chi connectivity index (χ0v) is 18.2. The van der Waals surface area contributed by atoms with Crippen LogP contribution in [0, 0.1) is 17.2 Å². The molecule has 2 aromatic rings. The van der Waals surface area contributed by atoms with Crippen molar-refractivity contribution in [1.29, 1.82) is 5.26 Å². The Bertz CT molecular complexity index is 1260. The molecular formula is C22H22ClN5O3. The van der Waals surface area contributed by atoms with Gasteiger partial charge in [-0.1, -0.05) is 38.4 Å². The zero-order valence-electron chi connectivity index (χ0n) is 17.4. The zero-order chi connectivity index (χ0) is 22.9. The molecule has 2 heterocycles. The predicted molar refractivity (Wildman–Crippen MR) is 118 cm³/mol. The van der Waals surface area contributed by atoms with Gasteiger partial charge in [0.05, 0.1) is 12.6 Å². The molecule has 0 fully saturated rings. The van der Waals surface area contributed by atoms with E-state index in [2.05, 4.69) is 16.0 Å². The van der Waals surface area contributed by atoms with Crippen molar-refractivity contribution in [3.05, 3.63) is 78.2 Å². The molecule has 0 aromatic carbocycles. The van der Waals surface area contributed by atoms with Crippen molar-refractivity contribution in [3.63, 3.8) is 0 Å². The van der Waals surface area contributed by atoms with E-state index in [1.54, 1.807) is 26.0 Å². The van der Waals surface area contributed by atoms with Crippen molar-refractivity contribution in [1.82, 2.24) is 14.5 Å². The molecule has 8 nitrogen and oxygen atoms in total. The molecule has 9 heteroatoms. The van der Waals surface area contributed by atoms with Crippen LogP contribution in [-0.2, 0) is 6.54 Å². The number of hydrogen-bond donors (Lipinski definition) is 2. The number of nitrogens with one attached hydrogen (secondary N) is 1. The van der Waals surface area contributed by atoms with Gasteiger partial charge in [-0.3, -0.25) is 19.1 Å². The van der Waals surface area contributed by atoms with Gasteiger partial charge in [-0.15, -0.1) is 0 Å². The van der Waals surface area contributed by atoms with Gasteiger partial charge in [0.2, 0.25) is 5.78 Å². The van der Waals surface area contributed by atoms with E-state index in [9.17, 15) is 19.6 Å². The maximum absolute atomic E-state index is 13.6. The van der Waals surface area contributed by atoms with Gasteiger partial charge in [-0.25, -0.2) is 9.78 Å². The number of H-pyrrole nitrogens is 1. The standard InChI is InChI=1S/C22H22ClN5O3/c1-11(2)18-19(20(29)15-5-12(3)4-13(6-15)9-24)28(22(31)27-21(18)30)10-14-7-16(23)26-17(25)8-14/h5-8,11-12H,4,10H2,1-3H3,(H2,25,26)(H,27,30,31). The van der Waals surface area contributed by atoms with Crippen LogP contribution in [0.4, 0.5) is 5.82 Å². The molecule has 0 radical (unpaired) electrons. The molecule has 31 heavy (non-hydrogen) atoms. The van der Waals surface area contributed by atoms with Crippen molar-refractivity contribution in [2.45, 2.75) is 39.7 Å². The van der Waals surface area contributed by atoms with Crippen LogP contribution in [0.25, 0.3) is 0 Å². The SMILES string of the molecule is CC1C=C(C(=O)c2c(C(C)C)c(=O)[nH]c(=O)n2Cc2cc(N)nc(Cl)c2)C=C(C#N)C1. The van der Waals surface area contributed by atoms with Gasteiger partial charge < -0.3 is 5.73 Å². The fraction of sp³-hybridized carbons (Fsp3) is 0.318. The van der Waals surface area contributed by atoms with Crippen LogP contribution in [0.15, 0.2) is 45.0 Å². The lowest BCUT2D eigenvalue weighted by atomic mass is 9.88. The van der Waals surface area contributed by atoms with Crippen molar-refractivity contribution in [2.75, 3.05) is 5.73 Å². The summed E-state index contributed by atoms with van der Waals surface area (Å²) in [6.45, 7) is 5.39. The minimum Gasteiger partial charge on any atom is -0.384 e. The fourth-order valence-electron chi connectivity index (χ4n) is 3.73. The Labute approximate surface area is 183 Å². The number of aromatic nitrogens is 3. The first-order valence-corrected chi connectivity index (χ1v) is 10.1. The number of nitrogens with two attached hydrogens (primary N) is 1. The van der Waals surface area contributed by atoms with E-state index in [-0.39, 0.29) is 46.2 Å². The van der Waals surface area contributed by atoms with Crippen LogP contribution in [0.5, 0.6) is 0 Å². The summed E-state index contributed by atoms with van der Waals surface area (Å²) in [5, 5.41) is 9.46. The summed E-state index contributed by atoms with van der Waals surface area (Å²) >= 11 is 5.98. The van der Waals surface area contributed by atoms with Crippen molar-refractivity contribution >= 4 is 23.2 Å². The molecule has 1 aliphatic rings. The maximum Gasteiger partial charge on any atom is 0.329 e. The van der Waals surface area contributed by atoms with Gasteiger partial charge in [0.1, 0.15) is 16.7 Å². The Kier molecular flexibility index (Phi) is 6.27. The van der Waals surface area contributed by atoms with Crippen LogP contribution in [0.3, 0.4) is 0 Å². The molecule has 0 bridgehead atoms. The van der Waals surface area contributed by atoms with Gasteiger partial charge in [0.25, 0.3) is 5.56 Å². The van der Waals surface area contributed by atoms with Crippen LogP contribution in [-0.4, -0.2) is 20.3 Å². The number of aromatic amines is 1. The number of nitrogens with zero attached hydrogens (tertiary/aromatic N) is 3. The molecule has 3 rings (SSSR count). The van der Waals surface area contributed by atoms with Gasteiger partial charge in [-0.2, -0.15) is 5.26 Å². The summed E-state index contributed by atoms with van der Waals surface area (Å²) in [5.41, 5.74) is 5.91. The van der Waals surface area contributed by atoms with Crippen molar-refractivity contribution in [2.24, 2.45) is 5.92 Å². The molecule has 0 saturated heterocycles. The number of carbonyl (C=O) groups is 1. The van der Waals surface area contributed by atoms with E-state index in [4.69, 9.17) is 17.3 Å². The van der Waals surface area contributed by atoms with Crippen LogP contribution in [0.2, 0.25) is 5.15 Å². The summed E-state index contributed by atoms with van der Waals surface area (Å²) in [4.78, 5) is 45.2. The van der Waals surface area contributed by atoms with E-state index >= 15 is 0 Å². The average molecular weight is 440 g/mol. The molecule has 0 spiro atoms. The summed E-state index contributed by atoms with van der Waals surface area (Å²) in [5.74, 6) is -0.676. The van der Waals surface area contributed by atoms with E-state index in [0.29, 0.717) is 17.6 Å². The number of nitrogen functional groups attached to an aromatic ring is 1. The van der Waals surface area contributed by atoms with Crippen molar-refractivity contribution < 1.29 is 4.79 Å². The maximum atomic E-state index is 13.6. The third-order valence-corrected chi connectivity index (χ3v) is 5.18. The molecule has 0 saturated carbocycles. The number of hydrogen-bond acceptors (Lipinski definition) is 6. The average Bonchev–Trinajstić information content (AvgIpc) is 2.67. The molecule has 0 aliphatic heterocycles. The molecule has 160 valence electrons. The minimum atomic E-state index is -0.724. The minimum absolute atomic E-state index is 0.0101. The summed E-state index contributed by atoms with van der Waals surface area (Å²) in [6, 6.07) is 5.17. The number of nitriles is 1. The number of allylic oxidation sites excluding steroid dienone is 4. The fourth-order valence-corrected chi connectivity index (χ4v) is 3.96. The van der Waals surface area contributed by atoms with Gasteiger partial charge in [0, 0.05) is 16.7 Å². The smallest absolute Gasteiger partial charge is 0.329 e. The highest BCUT2D eigenvalue weighted by molar-refractivity contribution is 6.29. The summed E-state index contributed by atoms with van der Waals surface area (Å²) < 4.78 is 1.21. The van der Waals surface area contributed by atoms with Crippen molar-refractivity contribution in [3.8, 4) is 6.07 Å². The number of carbonyl (C=O) groups excluding carboxylic acids is 1. The van der Waals surface area contributed by atoms with E-state index in [0.717, 1.165) is 0 Å². The van der Waals surface area contributed by atoms with E-state index in [1.165, 1.54) is 16.7 Å². The second-order valence-electron chi connectivity index (χ2n) is 7.90. The number of anilines is 1. The second kappa shape index (κ2) is 8.74. The lowest BCUT2D eigenvalue weighted by molar-refractivity contribution is 0.102. The molecular weight excluding hydrogens is 418 g/mol. The predicted octanol–water partition coefficient (Wildman–Crippen LogP) is 2.94. The first-order valence-electron chi connectivity index (χ1n) is 9.76. The summed E-state index contributed by atoms with van der Waals surface area (Å²) in [7, 11) is 0. The van der Waals surface area contributed by atoms with E-state index < -0.39 is 17.0 Å². The van der Waals surface area contributed by atoms with Crippen LogP contribution in [0.1, 0.15) is 54.7 Å². The largest absolute Gasteiger partial charge is 0.384 e. The first-order chi connectivity index (χ1) is 14.6. The number of rotatable bonds is 5. The highest BCUT2D eigenvalue weighted by Crippen LogP contribution is 2.26. The Morgan fingerprint density at radius 1 is 1.42 bits per heavy atom. The Morgan fingerprint density at radius 3 is 2.74 bits per heavy atom. The second-order valence-corrected chi connectivity index (χ2v) is 8.29. The highest BCUT2D eigenvalue weighted by Gasteiger charge is 2.27. The first kappa shape index (κ1) is 22.2. The number of ketones is 1. The van der Waals surface area contributed by atoms with E-state index in [1.807, 2.05) is 6.92 Å². The molecule has 3 N–H and O–H groups in total. The Hall–Kier alpha value is -3.44. The third-order valence-electron chi connectivity index (χ3n) is 4.98. The normalized spacial score (nSPS) is 15.9. The van der Waals surface area contributed by atoms with Gasteiger partial charge in [0.15, 0.2) is 0 Å². The Morgan fingerprint density at radius 2 is 2.13 bits per heavy atom. The molecule has 1 aliphatic carbocycles. The highest BCUT2D eigenvalue weighted by atomic mass is 35.5. The molecule has 2 aromatic heterocycles. The molecule has 0 amide bonds.